The summed E-state index contributed by atoms with van der Waals surface area (Å²) in [5.41, 5.74) is 8.32. The van der Waals surface area contributed by atoms with Gasteiger partial charge >= 0.3 is 23.9 Å². The van der Waals surface area contributed by atoms with Crippen LogP contribution in [-0.4, -0.2) is 50.3 Å². The highest BCUT2D eigenvalue weighted by Crippen LogP contribution is 2.38. The molecule has 0 amide bonds. The van der Waals surface area contributed by atoms with E-state index in [2.05, 4.69) is 103 Å². The molecule has 0 saturated heterocycles. The molecule has 8 aromatic carbocycles. The number of hydrogen-bond donors (Lipinski definition) is 0. The van der Waals surface area contributed by atoms with Crippen molar-refractivity contribution in [1.29, 1.82) is 0 Å². The topological polar surface area (TPSA) is 124 Å². The van der Waals surface area contributed by atoms with Gasteiger partial charge in [0.05, 0.1) is 0 Å². The van der Waals surface area contributed by atoms with Gasteiger partial charge in [-0.2, -0.15) is 0 Å². The Hall–Kier alpha value is -9.80. The Balaban J connectivity index is 0.000000197. The van der Waals surface area contributed by atoms with Gasteiger partial charge in [-0.3, -0.25) is 0 Å². The maximum absolute atomic E-state index is 11.5. The number of esters is 4. The first kappa shape index (κ1) is 61.1. The van der Waals surface area contributed by atoms with E-state index in [0.29, 0.717) is 24.7 Å². The Kier molecular flexibility index (Phi) is 24.5. The third-order valence-corrected chi connectivity index (χ3v) is 12.3. The largest absolute Gasteiger partial charge is 0.490 e. The summed E-state index contributed by atoms with van der Waals surface area (Å²) in [6.45, 7) is 23.2. The first-order valence-corrected chi connectivity index (χ1v) is 25.8. The second-order valence-corrected chi connectivity index (χ2v) is 18.4. The zero-order chi connectivity index (χ0) is 57.6. The van der Waals surface area contributed by atoms with E-state index in [-0.39, 0.29) is 24.0 Å². The minimum atomic E-state index is -0.451. The molecule has 0 fully saturated rings. The number of rotatable bonds is 20. The van der Waals surface area contributed by atoms with Crippen LogP contribution in [0.3, 0.4) is 0 Å². The summed E-state index contributed by atoms with van der Waals surface area (Å²) in [7, 11) is 0. The maximum atomic E-state index is 11.5. The molecular weight excluding hydrogens is 1000 g/mol. The Bertz CT molecular complexity index is 3240. The van der Waals surface area contributed by atoms with Gasteiger partial charge in [0, 0.05) is 51.8 Å². The maximum Gasteiger partial charge on any atom is 0.335 e. The molecule has 408 valence electrons. The molecule has 0 heterocycles. The average molecular weight is 1070 g/mol. The van der Waals surface area contributed by atoms with Gasteiger partial charge in [0.1, 0.15) is 49.4 Å². The summed E-state index contributed by atoms with van der Waals surface area (Å²) < 4.78 is 31.5. The summed E-state index contributed by atoms with van der Waals surface area (Å²) in [5, 5.41) is 0. The fourth-order valence-electron chi connectivity index (χ4n) is 7.95. The van der Waals surface area contributed by atoms with Crippen molar-refractivity contribution in [1.82, 2.24) is 0 Å². The Morgan fingerprint density at radius 1 is 0.350 bits per heavy atom. The minimum Gasteiger partial charge on any atom is -0.490 e. The first-order chi connectivity index (χ1) is 38.7. The fourth-order valence-corrected chi connectivity index (χ4v) is 7.95. The lowest BCUT2D eigenvalue weighted by Crippen LogP contribution is -2.20. The Morgan fingerprint density at radius 2 is 0.700 bits per heavy atom. The van der Waals surface area contributed by atoms with E-state index in [9.17, 15) is 19.2 Å². The molecule has 0 spiro atoms. The van der Waals surface area contributed by atoms with E-state index in [0.717, 1.165) is 57.5 Å². The predicted octanol–water partition coefficient (Wildman–Crippen LogP) is 15.1. The highest BCUT2D eigenvalue weighted by Gasteiger charge is 2.27. The van der Waals surface area contributed by atoms with Crippen molar-refractivity contribution in [2.75, 3.05) is 26.4 Å². The lowest BCUT2D eigenvalue weighted by molar-refractivity contribution is -0.139. The van der Waals surface area contributed by atoms with Gasteiger partial charge in [0.2, 0.25) is 0 Å². The molecule has 0 N–H and O–H groups in total. The number of carbonyl (C=O) groups is 4. The van der Waals surface area contributed by atoms with Crippen molar-refractivity contribution in [3.05, 3.63) is 291 Å². The van der Waals surface area contributed by atoms with E-state index in [1.165, 1.54) is 22.8 Å². The van der Waals surface area contributed by atoms with Crippen molar-refractivity contribution < 1.29 is 47.6 Å². The van der Waals surface area contributed by atoms with Gasteiger partial charge in [-0.15, -0.1) is 0 Å². The Labute approximate surface area is 470 Å². The Morgan fingerprint density at radius 3 is 1.18 bits per heavy atom. The highest BCUT2D eigenvalue weighted by atomic mass is 16.6. The molecule has 80 heavy (non-hydrogen) atoms. The number of carbonyl (C=O) groups excluding carboxylic acids is 4. The zero-order valence-electron chi connectivity index (χ0n) is 45.8. The summed E-state index contributed by atoms with van der Waals surface area (Å²) in [6, 6.07) is 71.2. The molecule has 10 nitrogen and oxygen atoms in total. The molecule has 0 atom stereocenters. The average Bonchev–Trinajstić information content (AvgIpc) is 3.56. The van der Waals surface area contributed by atoms with Crippen LogP contribution in [0.1, 0.15) is 49.9 Å². The quantitative estimate of drug-likeness (QED) is 0.0315. The third-order valence-electron chi connectivity index (χ3n) is 12.3. The van der Waals surface area contributed by atoms with Gasteiger partial charge in [-0.1, -0.05) is 242 Å². The molecule has 0 radical (unpaired) electrons. The third kappa shape index (κ3) is 19.0. The molecule has 0 unspecified atom stereocenters. The monoisotopic (exact) mass is 1070 g/mol. The highest BCUT2D eigenvalue weighted by molar-refractivity contribution is 5.86. The van der Waals surface area contributed by atoms with Crippen LogP contribution in [0, 0.1) is 0 Å². The molecule has 10 heteroatoms. The van der Waals surface area contributed by atoms with E-state index in [4.69, 9.17) is 28.4 Å². The van der Waals surface area contributed by atoms with E-state index in [1.807, 2.05) is 158 Å². The van der Waals surface area contributed by atoms with Gasteiger partial charge < -0.3 is 28.4 Å². The molecule has 0 aromatic heterocycles. The smallest absolute Gasteiger partial charge is 0.335 e. The summed E-state index contributed by atoms with van der Waals surface area (Å²) >= 11 is 0. The van der Waals surface area contributed by atoms with Crippen LogP contribution >= 0.6 is 0 Å². The predicted molar refractivity (Wildman–Crippen MR) is 319 cm³/mol. The van der Waals surface area contributed by atoms with E-state index in [1.54, 1.807) is 12.1 Å². The van der Waals surface area contributed by atoms with Crippen molar-refractivity contribution in [2.24, 2.45) is 0 Å². The second-order valence-electron chi connectivity index (χ2n) is 18.4. The first-order valence-electron chi connectivity index (χ1n) is 25.8. The summed E-state index contributed by atoms with van der Waals surface area (Å²) in [6.07, 6.45) is 4.60. The van der Waals surface area contributed by atoms with Crippen LogP contribution in [0.15, 0.2) is 269 Å². The minimum absolute atomic E-state index is 0.0702. The number of benzene rings is 8. The second kappa shape index (κ2) is 32.1. The van der Waals surface area contributed by atoms with Crippen molar-refractivity contribution in [3.8, 4) is 45.3 Å². The van der Waals surface area contributed by atoms with E-state index < -0.39 is 23.9 Å². The molecule has 0 aliphatic carbocycles. The van der Waals surface area contributed by atoms with Crippen LogP contribution in [0.25, 0.3) is 22.3 Å². The summed E-state index contributed by atoms with van der Waals surface area (Å²) in [4.78, 5) is 44.5. The molecule has 0 aliphatic heterocycles. The molecule has 0 saturated carbocycles. The van der Waals surface area contributed by atoms with Crippen molar-refractivity contribution >= 4 is 23.9 Å². The lowest BCUT2D eigenvalue weighted by atomic mass is 9.78. The molecule has 0 aliphatic rings. The summed E-state index contributed by atoms with van der Waals surface area (Å²) in [5.74, 6) is 0.878. The zero-order valence-corrected chi connectivity index (χ0v) is 45.8. The number of ether oxygens (including phenoxy) is 6. The van der Waals surface area contributed by atoms with Crippen molar-refractivity contribution in [3.63, 3.8) is 0 Å². The number of para-hydroxylation sites is 3. The molecule has 0 bridgehead atoms. The van der Waals surface area contributed by atoms with E-state index >= 15 is 0 Å². The van der Waals surface area contributed by atoms with Crippen LogP contribution in [0.2, 0.25) is 0 Å². The van der Waals surface area contributed by atoms with Gasteiger partial charge in [0.25, 0.3) is 0 Å². The lowest BCUT2D eigenvalue weighted by Gasteiger charge is -2.27. The SMILES string of the molecule is C=CC(=O)OCCOc1ccc(C(C)(C)c2ccccc2)cc1.C=CC(=O)OCCOc1ccccc1-c1ccccc1.C=CC(=O)Oc1ccccc1-c1ccccc1.C=CC(=O)Oc1ccccc1C(C)(C)c1ccccc1. The normalized spacial score (nSPS) is 10.3. The number of hydrogen-bond acceptors (Lipinski definition) is 10. The molecular formula is C70H68O10. The standard InChI is InChI=1S/C20H22O3.C18H18O2.C17H16O3.C15H12O2/c1-4-19(21)23-15-14-22-18-12-10-17(11-13-18)20(2,3)16-8-6-5-7-9-16;1-4-17(19)20-16-13-9-8-12-15(16)18(2,3)14-10-6-5-7-11-14;1-2-17(18)20-13-12-19-16-11-7-6-10-15(16)14-8-4-3-5-9-14;1-2-15(16)17-14-11-7-6-10-13(14)12-8-4-3-5-9-12/h4-13H,1,14-15H2,2-3H3;4-13H,1H2,2-3H3;2-11H,1,12-13H2;2-11H,1H2. The van der Waals surface area contributed by atoms with Gasteiger partial charge in [-0.25, -0.2) is 19.2 Å². The van der Waals surface area contributed by atoms with Crippen LogP contribution in [0.5, 0.6) is 23.0 Å². The van der Waals surface area contributed by atoms with Crippen LogP contribution in [0.4, 0.5) is 0 Å². The molecule has 8 rings (SSSR count). The van der Waals surface area contributed by atoms with Crippen LogP contribution in [-0.2, 0) is 39.5 Å². The van der Waals surface area contributed by atoms with Crippen molar-refractivity contribution in [2.45, 2.75) is 38.5 Å². The van der Waals surface area contributed by atoms with Gasteiger partial charge in [0.15, 0.2) is 0 Å². The fraction of sp³-hybridized carbons (Fsp3) is 0.143. The van der Waals surface area contributed by atoms with Gasteiger partial charge in [-0.05, 0) is 58.1 Å². The molecule has 8 aromatic rings. The van der Waals surface area contributed by atoms with Crippen LogP contribution < -0.4 is 18.9 Å².